The van der Waals surface area contributed by atoms with Crippen LogP contribution in [0.1, 0.15) is 54.6 Å². The number of halogens is 3. The van der Waals surface area contributed by atoms with Crippen LogP contribution in [0.2, 0.25) is 0 Å². The minimum absolute atomic E-state index is 0.0662. The van der Waals surface area contributed by atoms with Crippen LogP contribution in [0.5, 0.6) is 0 Å². The van der Waals surface area contributed by atoms with E-state index in [-0.39, 0.29) is 22.7 Å². The van der Waals surface area contributed by atoms with Gasteiger partial charge < -0.3 is 9.30 Å². The van der Waals surface area contributed by atoms with Gasteiger partial charge in [0, 0.05) is 17.8 Å². The van der Waals surface area contributed by atoms with Crippen molar-refractivity contribution in [2.75, 3.05) is 7.11 Å². The lowest BCUT2D eigenvalue weighted by Crippen LogP contribution is -2.24. The third kappa shape index (κ3) is 4.15. The molecular weight excluding hydrogens is 337 g/mol. The fourth-order valence-electron chi connectivity index (χ4n) is 1.77. The topological polar surface area (TPSA) is 48.3 Å². The lowest BCUT2D eigenvalue weighted by atomic mass is 9.88. The molecule has 1 aromatic rings. The predicted molar refractivity (Wildman–Crippen MR) is 84.6 cm³/mol. The average molecular weight is 355 g/mol. The van der Waals surface area contributed by atoms with Crippen molar-refractivity contribution in [3.63, 3.8) is 0 Å². The van der Waals surface area contributed by atoms with Crippen molar-refractivity contribution in [1.82, 2.24) is 4.57 Å². The summed E-state index contributed by atoms with van der Waals surface area (Å²) in [6.45, 7) is 8.01. The highest BCUT2D eigenvalue weighted by atomic mass is 35.6. The van der Waals surface area contributed by atoms with Crippen LogP contribution < -0.4 is 0 Å². The lowest BCUT2D eigenvalue weighted by Gasteiger charge is -2.29. The molecule has 0 aliphatic carbocycles. The van der Waals surface area contributed by atoms with E-state index >= 15 is 0 Å². The van der Waals surface area contributed by atoms with Gasteiger partial charge >= 0.3 is 5.97 Å². The molecule has 0 saturated heterocycles. The zero-order chi connectivity index (χ0) is 16.6. The van der Waals surface area contributed by atoms with E-state index in [9.17, 15) is 9.59 Å². The number of Topliss-reactive ketones (excluding diaryl/α,β-unsaturated/α-hetero) is 1. The Morgan fingerprint density at radius 2 is 1.76 bits per heavy atom. The quantitative estimate of drug-likeness (QED) is 0.458. The molecule has 1 rings (SSSR count). The Balaban J connectivity index is 3.39. The van der Waals surface area contributed by atoms with Crippen molar-refractivity contribution in [1.29, 1.82) is 0 Å². The Morgan fingerprint density at radius 1 is 1.24 bits per heavy atom. The molecular formula is C14H18Cl3NO3. The normalized spacial score (nSPS) is 13.9. The van der Waals surface area contributed by atoms with Crippen molar-refractivity contribution in [2.45, 2.75) is 37.5 Å². The Morgan fingerprint density at radius 3 is 2.14 bits per heavy atom. The number of alkyl halides is 3. The van der Waals surface area contributed by atoms with Crippen molar-refractivity contribution in [3.05, 3.63) is 23.5 Å². The van der Waals surface area contributed by atoms with Crippen molar-refractivity contribution in [3.8, 4) is 0 Å². The zero-order valence-electron chi connectivity index (χ0n) is 12.5. The maximum absolute atomic E-state index is 12.1. The highest BCUT2D eigenvalue weighted by Gasteiger charge is 2.35. The molecule has 0 fully saturated rings. The summed E-state index contributed by atoms with van der Waals surface area (Å²) in [4.78, 5) is 24.0. The highest BCUT2D eigenvalue weighted by Crippen LogP contribution is 2.35. The van der Waals surface area contributed by atoms with Crippen molar-refractivity contribution >= 4 is 46.6 Å². The summed E-state index contributed by atoms with van der Waals surface area (Å²) in [6.07, 6.45) is 1.52. The maximum atomic E-state index is 12.1. The Kier molecular flexibility index (Phi) is 5.40. The first-order chi connectivity index (χ1) is 9.39. The molecule has 4 nitrogen and oxygen atoms in total. The summed E-state index contributed by atoms with van der Waals surface area (Å²) in [7, 11) is 1.28. The zero-order valence-corrected chi connectivity index (χ0v) is 14.8. The summed E-state index contributed by atoms with van der Waals surface area (Å²) in [5.74, 6) is -1.23. The largest absolute Gasteiger partial charge is 0.464 e. The number of hydrogen-bond acceptors (Lipinski definition) is 3. The van der Waals surface area contributed by atoms with E-state index in [4.69, 9.17) is 39.5 Å². The molecule has 0 spiro atoms. The third-order valence-electron chi connectivity index (χ3n) is 3.43. The van der Waals surface area contributed by atoms with Crippen LogP contribution >= 0.6 is 34.8 Å². The second kappa shape index (κ2) is 6.19. The number of esters is 1. The molecule has 1 heterocycles. The molecule has 1 unspecified atom stereocenters. The van der Waals surface area contributed by atoms with E-state index in [0.717, 1.165) is 0 Å². The second-order valence-electron chi connectivity index (χ2n) is 5.88. The smallest absolute Gasteiger partial charge is 0.354 e. The van der Waals surface area contributed by atoms with E-state index in [2.05, 4.69) is 0 Å². The second-order valence-corrected chi connectivity index (χ2v) is 8.16. The molecule has 7 heteroatoms. The molecule has 0 amide bonds. The van der Waals surface area contributed by atoms with Crippen LogP contribution in [0.4, 0.5) is 0 Å². The predicted octanol–water partition coefficient (Wildman–Crippen LogP) is 4.43. The number of ether oxygens (including phenoxy) is 1. The van der Waals surface area contributed by atoms with E-state index in [1.165, 1.54) is 19.4 Å². The number of nitrogens with zero attached hydrogens (tertiary/aromatic N) is 1. The highest BCUT2D eigenvalue weighted by molar-refractivity contribution is 6.77. The van der Waals surface area contributed by atoms with Crippen LogP contribution in [-0.2, 0) is 4.74 Å². The summed E-state index contributed by atoms with van der Waals surface area (Å²) in [5.41, 5.74) is 0.270. The first-order valence-electron chi connectivity index (χ1n) is 6.31. The monoisotopic (exact) mass is 353 g/mol. The van der Waals surface area contributed by atoms with E-state index in [0.29, 0.717) is 0 Å². The van der Waals surface area contributed by atoms with Crippen LogP contribution in [-0.4, -0.2) is 27.2 Å². The lowest BCUT2D eigenvalue weighted by molar-refractivity contribution is 0.0581. The Bertz CT molecular complexity index is 553. The Hall–Kier alpha value is -0.710. The molecule has 0 saturated carbocycles. The fourth-order valence-corrected chi connectivity index (χ4v) is 2.10. The number of rotatable bonds is 3. The van der Waals surface area contributed by atoms with Gasteiger partial charge in [0.15, 0.2) is 0 Å². The van der Waals surface area contributed by atoms with E-state index in [1.807, 2.05) is 27.7 Å². The third-order valence-corrected chi connectivity index (χ3v) is 3.95. The number of carbonyl (C=O) groups is 2. The molecule has 1 aromatic heterocycles. The van der Waals surface area contributed by atoms with Gasteiger partial charge in [0.1, 0.15) is 5.69 Å². The van der Waals surface area contributed by atoms with Gasteiger partial charge in [-0.15, -0.1) is 0 Å². The van der Waals surface area contributed by atoms with Gasteiger partial charge in [0.05, 0.1) is 7.11 Å². The van der Waals surface area contributed by atoms with Gasteiger partial charge in [-0.2, -0.15) is 0 Å². The van der Waals surface area contributed by atoms with Crippen LogP contribution in [0.25, 0.3) is 0 Å². The van der Waals surface area contributed by atoms with E-state index < -0.39 is 15.5 Å². The number of aromatic nitrogens is 1. The number of hydrogen-bond donors (Lipinski definition) is 0. The average Bonchev–Trinajstić information content (AvgIpc) is 2.78. The van der Waals surface area contributed by atoms with Crippen molar-refractivity contribution in [2.24, 2.45) is 5.41 Å². The standard InChI is InChI=1S/C14H18Cl3NO3/c1-8(13(2,3)4)18-7-9(11(19)14(15,16)17)6-10(18)12(20)21-5/h6-8H,1-5H3. The molecule has 0 N–H and O–H groups in total. The summed E-state index contributed by atoms with van der Waals surface area (Å²) in [5, 5.41) is 0. The van der Waals surface area contributed by atoms with Crippen LogP contribution in [0.3, 0.4) is 0 Å². The Labute approximate surface area is 139 Å². The maximum Gasteiger partial charge on any atom is 0.354 e. The number of carbonyl (C=O) groups excluding carboxylic acids is 2. The van der Waals surface area contributed by atoms with Gasteiger partial charge in [-0.25, -0.2) is 4.79 Å². The first kappa shape index (κ1) is 18.3. The van der Waals surface area contributed by atoms with Crippen LogP contribution in [0, 0.1) is 5.41 Å². The summed E-state index contributed by atoms with van der Waals surface area (Å²) < 4.78 is 4.36. The molecule has 0 aliphatic rings. The molecule has 0 aromatic carbocycles. The minimum Gasteiger partial charge on any atom is -0.464 e. The van der Waals surface area contributed by atoms with Gasteiger partial charge in [-0.3, -0.25) is 4.79 Å². The van der Waals surface area contributed by atoms with Crippen LogP contribution in [0.15, 0.2) is 12.3 Å². The molecule has 0 radical (unpaired) electrons. The SMILES string of the molecule is COC(=O)c1cc(C(=O)C(Cl)(Cl)Cl)cn1C(C)C(C)(C)C. The molecule has 118 valence electrons. The van der Waals surface area contributed by atoms with Gasteiger partial charge in [0.2, 0.25) is 5.78 Å². The molecule has 0 bridgehead atoms. The first-order valence-corrected chi connectivity index (χ1v) is 7.44. The molecule has 1 atom stereocenters. The van der Waals surface area contributed by atoms with Gasteiger partial charge in [-0.1, -0.05) is 55.6 Å². The molecule has 21 heavy (non-hydrogen) atoms. The molecule has 0 aliphatic heterocycles. The van der Waals surface area contributed by atoms with Gasteiger partial charge in [-0.05, 0) is 18.4 Å². The van der Waals surface area contributed by atoms with Gasteiger partial charge in [0.25, 0.3) is 3.79 Å². The van der Waals surface area contributed by atoms with E-state index in [1.54, 1.807) is 4.57 Å². The number of ketones is 1. The summed E-state index contributed by atoms with van der Waals surface area (Å²) >= 11 is 16.9. The van der Waals surface area contributed by atoms with Crippen molar-refractivity contribution < 1.29 is 14.3 Å². The number of methoxy groups -OCH3 is 1. The minimum atomic E-state index is -2.06. The summed E-state index contributed by atoms with van der Waals surface area (Å²) in [6, 6.07) is 1.32. The fraction of sp³-hybridized carbons (Fsp3) is 0.571.